The fourth-order valence-electron chi connectivity index (χ4n) is 2.42. The summed E-state index contributed by atoms with van der Waals surface area (Å²) in [5, 5.41) is 14.7. The zero-order chi connectivity index (χ0) is 17.4. The molecule has 1 N–H and O–H groups in total. The number of nitrogens with one attached hydrogen (secondary N) is 1. The van der Waals surface area contributed by atoms with Gasteiger partial charge in [-0.25, -0.2) is 14.8 Å². The average Bonchev–Trinajstić information content (AvgIpc) is 3.15. The van der Waals surface area contributed by atoms with Crippen LogP contribution in [-0.4, -0.2) is 32.2 Å². The molecular formula is C15H13N5O3S. The van der Waals surface area contributed by atoms with Crippen molar-refractivity contribution in [2.75, 3.05) is 6.61 Å². The maximum atomic E-state index is 12.8. The van der Waals surface area contributed by atoms with Crippen molar-refractivity contribution in [2.24, 2.45) is 0 Å². The predicted molar refractivity (Wildman–Crippen MR) is 87.1 cm³/mol. The average molecular weight is 343 g/mol. The Labute approximate surface area is 140 Å². The topological polar surface area (TPSA) is 113 Å². The number of rotatable bonds is 3. The summed E-state index contributed by atoms with van der Waals surface area (Å²) in [7, 11) is 0. The third kappa shape index (κ3) is 2.37. The number of H-pyrrole nitrogens is 1. The summed E-state index contributed by atoms with van der Waals surface area (Å²) in [6, 6.07) is 2.05. The monoisotopic (exact) mass is 343 g/mol. The highest BCUT2D eigenvalue weighted by molar-refractivity contribution is 7.09. The van der Waals surface area contributed by atoms with E-state index < -0.39 is 11.5 Å². The second kappa shape index (κ2) is 5.90. The summed E-state index contributed by atoms with van der Waals surface area (Å²) < 4.78 is 5.96. The molecule has 3 heterocycles. The molecule has 0 radical (unpaired) electrons. The second-order valence-electron chi connectivity index (χ2n) is 5.00. The molecule has 122 valence electrons. The predicted octanol–water partition coefficient (Wildman–Crippen LogP) is 1.81. The molecule has 0 fully saturated rings. The summed E-state index contributed by atoms with van der Waals surface area (Å²) >= 11 is 1.41. The molecule has 0 aliphatic rings. The highest BCUT2D eigenvalue weighted by Gasteiger charge is 2.22. The first-order chi connectivity index (χ1) is 11.5. The van der Waals surface area contributed by atoms with Crippen molar-refractivity contribution in [3.63, 3.8) is 0 Å². The molecule has 0 spiro atoms. The summed E-state index contributed by atoms with van der Waals surface area (Å²) in [5.41, 5.74) is 1.18. The molecule has 3 aromatic rings. The first-order valence-corrected chi connectivity index (χ1v) is 8.01. The number of ether oxygens (including phenoxy) is 1. The fraction of sp³-hybridized carbons (Fsp3) is 0.267. The first-order valence-electron chi connectivity index (χ1n) is 7.13. The van der Waals surface area contributed by atoms with E-state index in [9.17, 15) is 14.9 Å². The van der Waals surface area contributed by atoms with Crippen LogP contribution < -0.4 is 5.56 Å². The van der Waals surface area contributed by atoms with Crippen molar-refractivity contribution in [3.05, 3.63) is 37.7 Å². The molecule has 9 heteroatoms. The van der Waals surface area contributed by atoms with E-state index in [1.807, 2.05) is 13.0 Å². The van der Waals surface area contributed by atoms with Crippen LogP contribution in [0.4, 0.5) is 0 Å². The Kier molecular flexibility index (Phi) is 3.91. The van der Waals surface area contributed by atoms with Crippen LogP contribution in [0.2, 0.25) is 0 Å². The lowest BCUT2D eigenvalue weighted by atomic mass is 10.0. The molecule has 0 atom stereocenters. The van der Waals surface area contributed by atoms with Gasteiger partial charge in [-0.2, -0.15) is 9.78 Å². The smallest absolute Gasteiger partial charge is 0.375 e. The van der Waals surface area contributed by atoms with Gasteiger partial charge in [0.15, 0.2) is 5.65 Å². The maximum Gasteiger partial charge on any atom is 0.375 e. The van der Waals surface area contributed by atoms with Gasteiger partial charge in [-0.1, -0.05) is 0 Å². The van der Waals surface area contributed by atoms with E-state index in [4.69, 9.17) is 4.74 Å². The van der Waals surface area contributed by atoms with Crippen LogP contribution in [0.1, 0.15) is 33.7 Å². The quantitative estimate of drug-likeness (QED) is 0.726. The summed E-state index contributed by atoms with van der Waals surface area (Å²) in [6.45, 7) is 5.35. The molecule has 0 aliphatic heterocycles. The molecular weight excluding hydrogens is 330 g/mol. The molecule has 8 nitrogen and oxygen atoms in total. The Bertz CT molecular complexity index is 1050. The number of pyridine rings is 1. The summed E-state index contributed by atoms with van der Waals surface area (Å²) in [5.74, 6) is -0.815. The number of nitriles is 1. The zero-order valence-corrected chi connectivity index (χ0v) is 14.0. The van der Waals surface area contributed by atoms with Crippen LogP contribution in [0.5, 0.6) is 0 Å². The SMILES string of the molecule is CCOC(=O)c1nc2c(C#N)c(C)c(-c3csc(C)n3)c(=O)n2[nH]1. The van der Waals surface area contributed by atoms with Gasteiger partial charge in [0.1, 0.15) is 11.6 Å². The van der Waals surface area contributed by atoms with E-state index in [0.717, 1.165) is 9.52 Å². The van der Waals surface area contributed by atoms with Crippen LogP contribution >= 0.6 is 11.3 Å². The van der Waals surface area contributed by atoms with Crippen molar-refractivity contribution in [1.82, 2.24) is 19.6 Å². The van der Waals surface area contributed by atoms with Crippen LogP contribution in [0.25, 0.3) is 16.9 Å². The maximum absolute atomic E-state index is 12.8. The third-order valence-electron chi connectivity index (χ3n) is 3.49. The molecule has 0 aromatic carbocycles. The minimum Gasteiger partial charge on any atom is -0.460 e. The largest absolute Gasteiger partial charge is 0.460 e. The van der Waals surface area contributed by atoms with Crippen molar-refractivity contribution in [3.8, 4) is 17.3 Å². The van der Waals surface area contributed by atoms with Crippen molar-refractivity contribution < 1.29 is 9.53 Å². The first kappa shape index (κ1) is 15.9. The Morgan fingerprint density at radius 1 is 1.46 bits per heavy atom. The van der Waals surface area contributed by atoms with Crippen molar-refractivity contribution in [2.45, 2.75) is 20.8 Å². The fourth-order valence-corrected chi connectivity index (χ4v) is 3.03. The second-order valence-corrected chi connectivity index (χ2v) is 6.06. The number of hydrogen-bond donors (Lipinski definition) is 1. The van der Waals surface area contributed by atoms with Gasteiger partial charge in [0.25, 0.3) is 5.56 Å². The van der Waals surface area contributed by atoms with E-state index in [2.05, 4.69) is 15.1 Å². The lowest BCUT2D eigenvalue weighted by Crippen LogP contribution is -2.20. The van der Waals surface area contributed by atoms with Gasteiger partial charge in [-0.3, -0.25) is 9.89 Å². The molecule has 0 saturated heterocycles. The molecule has 0 saturated carbocycles. The van der Waals surface area contributed by atoms with Crippen LogP contribution in [-0.2, 0) is 4.74 Å². The number of hydrogen-bond acceptors (Lipinski definition) is 7. The molecule has 3 aromatic heterocycles. The normalized spacial score (nSPS) is 10.8. The Morgan fingerprint density at radius 3 is 2.79 bits per heavy atom. The number of aryl methyl sites for hydroxylation is 1. The van der Waals surface area contributed by atoms with Gasteiger partial charge in [-0.15, -0.1) is 11.3 Å². The number of fused-ring (bicyclic) bond motifs is 1. The van der Waals surface area contributed by atoms with Gasteiger partial charge in [0.05, 0.1) is 22.9 Å². The molecule has 0 aliphatic carbocycles. The number of aromatic amines is 1. The molecule has 0 bridgehead atoms. The Hall–Kier alpha value is -2.99. The van der Waals surface area contributed by atoms with Gasteiger partial charge < -0.3 is 4.74 Å². The van der Waals surface area contributed by atoms with Gasteiger partial charge in [0.2, 0.25) is 5.82 Å². The minimum absolute atomic E-state index is 0.0961. The van der Waals surface area contributed by atoms with E-state index in [0.29, 0.717) is 16.8 Å². The van der Waals surface area contributed by atoms with E-state index in [1.54, 1.807) is 19.2 Å². The zero-order valence-electron chi connectivity index (χ0n) is 13.2. The van der Waals surface area contributed by atoms with Crippen LogP contribution in [0.3, 0.4) is 0 Å². The van der Waals surface area contributed by atoms with E-state index >= 15 is 0 Å². The number of esters is 1. The van der Waals surface area contributed by atoms with E-state index in [1.165, 1.54) is 11.3 Å². The summed E-state index contributed by atoms with van der Waals surface area (Å²) in [4.78, 5) is 33.0. The van der Waals surface area contributed by atoms with Gasteiger partial charge in [-0.05, 0) is 26.3 Å². The highest BCUT2D eigenvalue weighted by atomic mass is 32.1. The lowest BCUT2D eigenvalue weighted by Gasteiger charge is -2.05. The molecule has 3 rings (SSSR count). The number of nitrogens with zero attached hydrogens (tertiary/aromatic N) is 4. The highest BCUT2D eigenvalue weighted by Crippen LogP contribution is 2.25. The minimum atomic E-state index is -0.687. The number of thiazole rings is 1. The Balaban J connectivity index is 2.34. The number of carbonyl (C=O) groups is 1. The van der Waals surface area contributed by atoms with E-state index in [-0.39, 0.29) is 23.6 Å². The lowest BCUT2D eigenvalue weighted by molar-refractivity contribution is 0.0512. The molecule has 24 heavy (non-hydrogen) atoms. The van der Waals surface area contributed by atoms with Gasteiger partial charge >= 0.3 is 5.97 Å². The van der Waals surface area contributed by atoms with Crippen molar-refractivity contribution >= 4 is 23.0 Å². The summed E-state index contributed by atoms with van der Waals surface area (Å²) in [6.07, 6.45) is 0. The van der Waals surface area contributed by atoms with Crippen LogP contribution in [0.15, 0.2) is 10.2 Å². The molecule has 0 amide bonds. The third-order valence-corrected chi connectivity index (χ3v) is 4.27. The van der Waals surface area contributed by atoms with Crippen LogP contribution in [0, 0.1) is 25.2 Å². The Morgan fingerprint density at radius 2 is 2.21 bits per heavy atom. The van der Waals surface area contributed by atoms with Gasteiger partial charge in [0, 0.05) is 5.38 Å². The standard InChI is InChI=1S/C15H13N5O3S/c1-4-23-15(22)12-18-13-9(5-16)7(2)11(14(21)20(13)19-12)10-6-24-8(3)17-10/h6H,4H2,1-3H3,(H,18,19). The molecule has 0 unspecified atom stereocenters. The number of carbonyl (C=O) groups excluding carboxylic acids is 1. The number of aromatic nitrogens is 4. The van der Waals surface area contributed by atoms with Crippen molar-refractivity contribution in [1.29, 1.82) is 5.26 Å².